The normalized spacial score (nSPS) is 19.5. The predicted octanol–water partition coefficient (Wildman–Crippen LogP) is 2.30. The number of carboxylic acid groups (broad SMARTS) is 1. The summed E-state index contributed by atoms with van der Waals surface area (Å²) in [5, 5.41) is 20.0. The van der Waals surface area contributed by atoms with E-state index in [9.17, 15) is 14.9 Å². The van der Waals surface area contributed by atoms with Gasteiger partial charge in [-0.3, -0.25) is 19.8 Å². The zero-order chi connectivity index (χ0) is 14.0. The van der Waals surface area contributed by atoms with E-state index in [0.717, 1.165) is 6.42 Å². The highest BCUT2D eigenvalue weighted by Crippen LogP contribution is 2.27. The zero-order valence-corrected chi connectivity index (χ0v) is 10.8. The van der Waals surface area contributed by atoms with Gasteiger partial charge in [0.05, 0.1) is 4.92 Å². The van der Waals surface area contributed by atoms with Crippen LogP contribution in [0.3, 0.4) is 0 Å². The summed E-state index contributed by atoms with van der Waals surface area (Å²) in [5.41, 5.74) is 0.550. The van der Waals surface area contributed by atoms with Crippen LogP contribution in [0.5, 0.6) is 0 Å². The fraction of sp³-hybridized carbons (Fsp3) is 0.417. The van der Waals surface area contributed by atoms with Gasteiger partial charge in [0.1, 0.15) is 11.1 Å². The molecule has 1 N–H and O–H groups in total. The van der Waals surface area contributed by atoms with Crippen molar-refractivity contribution in [1.29, 1.82) is 0 Å². The summed E-state index contributed by atoms with van der Waals surface area (Å²) in [6.07, 6.45) is 1.44. The first-order valence-corrected chi connectivity index (χ1v) is 6.26. The third-order valence-corrected chi connectivity index (χ3v) is 3.56. The Kier molecular flexibility index (Phi) is 4.01. The third kappa shape index (κ3) is 3.02. The molecule has 102 valence electrons. The van der Waals surface area contributed by atoms with E-state index in [1.54, 1.807) is 6.07 Å². The Morgan fingerprint density at radius 1 is 1.58 bits per heavy atom. The Morgan fingerprint density at radius 3 is 2.95 bits per heavy atom. The topological polar surface area (TPSA) is 83.7 Å². The number of hydrogen-bond acceptors (Lipinski definition) is 4. The molecular weight excluding hydrogens is 272 g/mol. The molecule has 0 saturated carbocycles. The number of nitrogens with zero attached hydrogens (tertiary/aromatic N) is 2. The number of hydrogen-bond donors (Lipinski definition) is 1. The maximum absolute atomic E-state index is 11.1. The Labute approximate surface area is 114 Å². The van der Waals surface area contributed by atoms with Crippen molar-refractivity contribution in [3.05, 3.63) is 38.9 Å². The van der Waals surface area contributed by atoms with Crippen LogP contribution in [0.1, 0.15) is 18.4 Å². The van der Waals surface area contributed by atoms with Gasteiger partial charge >= 0.3 is 5.97 Å². The van der Waals surface area contributed by atoms with Crippen molar-refractivity contribution < 1.29 is 14.8 Å². The summed E-state index contributed by atoms with van der Waals surface area (Å²) in [4.78, 5) is 23.1. The number of carboxylic acids is 1. The SMILES string of the molecule is O=C(O)C1CCCN1Cc1ccc(Cl)c([N+](=O)[O-])c1. The van der Waals surface area contributed by atoms with Crippen molar-refractivity contribution in [2.75, 3.05) is 6.54 Å². The van der Waals surface area contributed by atoms with E-state index in [4.69, 9.17) is 16.7 Å². The second-order valence-electron chi connectivity index (χ2n) is 4.51. The quantitative estimate of drug-likeness (QED) is 0.677. The molecule has 0 radical (unpaired) electrons. The Morgan fingerprint density at radius 2 is 2.32 bits per heavy atom. The van der Waals surface area contributed by atoms with Gasteiger partial charge in [-0.15, -0.1) is 0 Å². The fourth-order valence-electron chi connectivity index (χ4n) is 2.33. The number of benzene rings is 1. The summed E-state index contributed by atoms with van der Waals surface area (Å²) in [6.45, 7) is 1.07. The van der Waals surface area contributed by atoms with Crippen molar-refractivity contribution in [2.24, 2.45) is 0 Å². The predicted molar refractivity (Wildman–Crippen MR) is 69.2 cm³/mol. The highest BCUT2D eigenvalue weighted by atomic mass is 35.5. The summed E-state index contributed by atoms with van der Waals surface area (Å²) >= 11 is 5.74. The molecule has 0 amide bonds. The average Bonchev–Trinajstić information content (AvgIpc) is 2.79. The molecule has 0 bridgehead atoms. The maximum Gasteiger partial charge on any atom is 0.320 e. The van der Waals surface area contributed by atoms with Crippen LogP contribution in [0.4, 0.5) is 5.69 Å². The number of likely N-dealkylation sites (tertiary alicyclic amines) is 1. The van der Waals surface area contributed by atoms with Gasteiger partial charge in [0.15, 0.2) is 0 Å². The first kappa shape index (κ1) is 13.8. The standard InChI is InChI=1S/C12H13ClN2O4/c13-9-4-3-8(6-11(9)15(18)19)7-14-5-1-2-10(14)12(16)17/h3-4,6,10H,1-2,5,7H2,(H,16,17). The first-order valence-electron chi connectivity index (χ1n) is 5.88. The van der Waals surface area contributed by atoms with Crippen molar-refractivity contribution in [2.45, 2.75) is 25.4 Å². The van der Waals surface area contributed by atoms with Crippen LogP contribution in [0.15, 0.2) is 18.2 Å². The van der Waals surface area contributed by atoms with Gasteiger partial charge in [0.25, 0.3) is 5.69 Å². The number of rotatable bonds is 4. The van der Waals surface area contributed by atoms with E-state index in [2.05, 4.69) is 0 Å². The van der Waals surface area contributed by atoms with E-state index in [1.165, 1.54) is 12.1 Å². The van der Waals surface area contributed by atoms with Crippen LogP contribution >= 0.6 is 11.6 Å². The van der Waals surface area contributed by atoms with Gasteiger partial charge < -0.3 is 5.11 Å². The van der Waals surface area contributed by atoms with E-state index in [-0.39, 0.29) is 10.7 Å². The minimum Gasteiger partial charge on any atom is -0.480 e. The highest BCUT2D eigenvalue weighted by molar-refractivity contribution is 6.32. The lowest BCUT2D eigenvalue weighted by Crippen LogP contribution is -2.35. The van der Waals surface area contributed by atoms with E-state index >= 15 is 0 Å². The average molecular weight is 285 g/mol. The molecule has 1 aliphatic heterocycles. The van der Waals surface area contributed by atoms with Crippen LogP contribution in [0.25, 0.3) is 0 Å². The van der Waals surface area contributed by atoms with Gasteiger partial charge in [-0.05, 0) is 31.0 Å². The second-order valence-corrected chi connectivity index (χ2v) is 4.92. The number of aliphatic carboxylic acids is 1. The van der Waals surface area contributed by atoms with Crippen molar-refractivity contribution in [3.63, 3.8) is 0 Å². The molecule has 1 unspecified atom stereocenters. The molecular formula is C12H13ClN2O4. The summed E-state index contributed by atoms with van der Waals surface area (Å²) < 4.78 is 0. The molecule has 6 nitrogen and oxygen atoms in total. The van der Waals surface area contributed by atoms with Crippen molar-refractivity contribution in [3.8, 4) is 0 Å². The monoisotopic (exact) mass is 284 g/mol. The minimum atomic E-state index is -0.846. The summed E-state index contributed by atoms with van der Waals surface area (Å²) in [5.74, 6) is -0.846. The number of nitro benzene ring substituents is 1. The lowest BCUT2D eigenvalue weighted by atomic mass is 10.1. The molecule has 7 heteroatoms. The maximum atomic E-state index is 11.1. The van der Waals surface area contributed by atoms with Gasteiger partial charge in [-0.2, -0.15) is 0 Å². The van der Waals surface area contributed by atoms with Gasteiger partial charge in [0.2, 0.25) is 0 Å². The lowest BCUT2D eigenvalue weighted by Gasteiger charge is -2.20. The largest absolute Gasteiger partial charge is 0.480 e. The third-order valence-electron chi connectivity index (χ3n) is 3.24. The molecule has 1 aliphatic rings. The summed E-state index contributed by atoms with van der Waals surface area (Å²) in [7, 11) is 0. The van der Waals surface area contributed by atoms with E-state index in [0.29, 0.717) is 25.1 Å². The number of carbonyl (C=O) groups is 1. The molecule has 1 atom stereocenters. The minimum absolute atomic E-state index is 0.0879. The molecule has 1 fully saturated rings. The smallest absolute Gasteiger partial charge is 0.320 e. The Hall–Kier alpha value is -1.66. The van der Waals surface area contributed by atoms with E-state index < -0.39 is 16.9 Å². The van der Waals surface area contributed by atoms with Crippen LogP contribution in [0, 0.1) is 10.1 Å². The van der Waals surface area contributed by atoms with Crippen LogP contribution in [0.2, 0.25) is 5.02 Å². The molecule has 0 aromatic heterocycles. The fourth-order valence-corrected chi connectivity index (χ4v) is 2.51. The van der Waals surface area contributed by atoms with Crippen LogP contribution in [-0.4, -0.2) is 33.5 Å². The molecule has 2 rings (SSSR count). The second kappa shape index (κ2) is 5.54. The molecule has 19 heavy (non-hydrogen) atoms. The molecule has 1 aromatic carbocycles. The molecule has 1 saturated heterocycles. The van der Waals surface area contributed by atoms with Crippen LogP contribution in [-0.2, 0) is 11.3 Å². The number of halogens is 1. The molecule has 1 aromatic rings. The number of nitro groups is 1. The van der Waals surface area contributed by atoms with Gasteiger partial charge in [0, 0.05) is 12.6 Å². The summed E-state index contributed by atoms with van der Waals surface area (Å²) in [6, 6.07) is 4.06. The molecule has 0 spiro atoms. The van der Waals surface area contributed by atoms with E-state index in [1.807, 2.05) is 4.90 Å². The zero-order valence-electron chi connectivity index (χ0n) is 10.1. The van der Waals surface area contributed by atoms with Gasteiger partial charge in [-0.1, -0.05) is 17.7 Å². The van der Waals surface area contributed by atoms with Gasteiger partial charge in [-0.25, -0.2) is 0 Å². The Balaban J connectivity index is 2.17. The Bertz CT molecular complexity index is 520. The lowest BCUT2D eigenvalue weighted by molar-refractivity contribution is -0.384. The molecule has 1 heterocycles. The molecule has 0 aliphatic carbocycles. The van der Waals surface area contributed by atoms with Crippen LogP contribution < -0.4 is 0 Å². The van der Waals surface area contributed by atoms with Crippen molar-refractivity contribution >= 4 is 23.3 Å². The highest BCUT2D eigenvalue weighted by Gasteiger charge is 2.30. The first-order chi connectivity index (χ1) is 8.99. The van der Waals surface area contributed by atoms with Crippen molar-refractivity contribution in [1.82, 2.24) is 4.90 Å².